The van der Waals surface area contributed by atoms with E-state index in [1.54, 1.807) is 57.4 Å². The number of thiazole rings is 1. The number of ether oxygens (including phenoxy) is 2. The van der Waals surface area contributed by atoms with Crippen molar-refractivity contribution in [2.24, 2.45) is 0 Å². The molecule has 4 N–H and O–H groups in total. The summed E-state index contributed by atoms with van der Waals surface area (Å²) in [7, 11) is -3.96. The Morgan fingerprint density at radius 2 is 1.84 bits per heavy atom. The maximum Gasteiger partial charge on any atom is 0.407 e. The second-order valence-corrected chi connectivity index (χ2v) is 14.7. The van der Waals surface area contributed by atoms with Crippen molar-refractivity contribution < 1.29 is 27.5 Å². The molecule has 2 aromatic heterocycles. The van der Waals surface area contributed by atoms with Crippen LogP contribution in [-0.2, 0) is 26.0 Å². The van der Waals surface area contributed by atoms with Gasteiger partial charge in [0, 0.05) is 41.1 Å². The summed E-state index contributed by atoms with van der Waals surface area (Å²) in [4.78, 5) is 34.3. The van der Waals surface area contributed by atoms with E-state index in [1.165, 1.54) is 17.4 Å². The Morgan fingerprint density at radius 3 is 2.50 bits per heavy atom. The molecule has 0 unspecified atom stereocenters. The normalized spacial score (nSPS) is 19.1. The SMILES string of the molecule is CC(C)(C)NS(=O)(=O)c1cc(NC(=O)NCc2ccccn2)ccc1-c1cnc([C@H]2CC[C@H](NC(=O)OC3COC3)CC2)s1. The molecule has 0 spiro atoms. The van der Waals surface area contributed by atoms with Gasteiger partial charge in [-0.3, -0.25) is 4.98 Å². The molecule has 0 bridgehead atoms. The van der Waals surface area contributed by atoms with Crippen LogP contribution in [-0.4, -0.2) is 61.4 Å². The van der Waals surface area contributed by atoms with Crippen LogP contribution in [0.3, 0.4) is 0 Å². The second-order valence-electron chi connectivity index (χ2n) is 12.0. The highest BCUT2D eigenvalue weighted by molar-refractivity contribution is 7.89. The van der Waals surface area contributed by atoms with Crippen LogP contribution in [0.2, 0.25) is 0 Å². The second kappa shape index (κ2) is 13.6. The van der Waals surface area contributed by atoms with E-state index in [-0.39, 0.29) is 29.5 Å². The number of alkyl carbamates (subject to hydrolysis) is 1. The quantitative estimate of drug-likeness (QED) is 0.260. The van der Waals surface area contributed by atoms with Gasteiger partial charge in [-0.1, -0.05) is 12.1 Å². The fraction of sp³-hybridized carbons (Fsp3) is 0.467. The van der Waals surface area contributed by atoms with Crippen LogP contribution in [0.4, 0.5) is 15.3 Å². The highest BCUT2D eigenvalue weighted by atomic mass is 32.2. The van der Waals surface area contributed by atoms with Crippen molar-refractivity contribution in [2.45, 2.75) is 81.5 Å². The first kappa shape index (κ1) is 31.8. The minimum atomic E-state index is -3.96. The van der Waals surface area contributed by atoms with Gasteiger partial charge in [-0.15, -0.1) is 11.3 Å². The largest absolute Gasteiger partial charge is 0.441 e. The van der Waals surface area contributed by atoms with E-state index in [4.69, 9.17) is 9.47 Å². The first-order valence-corrected chi connectivity index (χ1v) is 16.9. The minimum absolute atomic E-state index is 0.0422. The minimum Gasteiger partial charge on any atom is -0.441 e. The number of benzene rings is 1. The molecule has 2 aliphatic rings. The molecule has 3 heterocycles. The lowest BCUT2D eigenvalue weighted by molar-refractivity contribution is -0.0985. The van der Waals surface area contributed by atoms with Crippen molar-refractivity contribution in [2.75, 3.05) is 18.5 Å². The molecule has 2 fully saturated rings. The monoisotopic (exact) mass is 642 g/mol. The molecule has 236 valence electrons. The number of urea groups is 1. The number of aromatic nitrogens is 2. The lowest BCUT2D eigenvalue weighted by atomic mass is 9.86. The molecule has 44 heavy (non-hydrogen) atoms. The summed E-state index contributed by atoms with van der Waals surface area (Å²) in [5.41, 5.74) is 0.815. The van der Waals surface area contributed by atoms with Crippen LogP contribution in [0.5, 0.6) is 0 Å². The molecule has 14 heteroatoms. The van der Waals surface area contributed by atoms with Gasteiger partial charge in [0.1, 0.15) is 0 Å². The number of rotatable bonds is 9. The van der Waals surface area contributed by atoms with Crippen molar-refractivity contribution >= 4 is 39.2 Å². The number of pyridine rings is 1. The van der Waals surface area contributed by atoms with Crippen molar-refractivity contribution in [1.29, 1.82) is 0 Å². The number of carbonyl (C=O) groups is 2. The smallest absolute Gasteiger partial charge is 0.407 e. The summed E-state index contributed by atoms with van der Waals surface area (Å²) in [6, 6.07) is 9.83. The predicted octanol–water partition coefficient (Wildman–Crippen LogP) is 4.75. The van der Waals surface area contributed by atoms with Crippen LogP contribution >= 0.6 is 11.3 Å². The molecule has 3 amide bonds. The number of nitrogens with zero attached hydrogens (tertiary/aromatic N) is 2. The van der Waals surface area contributed by atoms with Crippen molar-refractivity contribution in [1.82, 2.24) is 25.3 Å². The summed E-state index contributed by atoms with van der Waals surface area (Å²) in [6.07, 6.45) is 6.08. The number of anilines is 1. The molecular formula is C30H38N6O6S2. The summed E-state index contributed by atoms with van der Waals surface area (Å²) < 4.78 is 40.3. The average molecular weight is 643 g/mol. The fourth-order valence-electron chi connectivity index (χ4n) is 5.05. The number of carbonyl (C=O) groups excluding carboxylic acids is 2. The topological polar surface area (TPSA) is 161 Å². The highest BCUT2D eigenvalue weighted by Gasteiger charge is 2.30. The van der Waals surface area contributed by atoms with Gasteiger partial charge in [0.25, 0.3) is 0 Å². The van der Waals surface area contributed by atoms with E-state index in [1.807, 2.05) is 6.07 Å². The molecule has 0 radical (unpaired) electrons. The van der Waals surface area contributed by atoms with E-state index in [0.717, 1.165) is 30.7 Å². The molecule has 1 aliphatic carbocycles. The van der Waals surface area contributed by atoms with Crippen molar-refractivity contribution in [3.63, 3.8) is 0 Å². The van der Waals surface area contributed by atoms with Gasteiger partial charge in [0.15, 0.2) is 6.10 Å². The highest BCUT2D eigenvalue weighted by Crippen LogP contribution is 2.40. The Labute approximate surface area is 261 Å². The first-order chi connectivity index (χ1) is 20.9. The Morgan fingerprint density at radius 1 is 1.07 bits per heavy atom. The van der Waals surface area contributed by atoms with Gasteiger partial charge < -0.3 is 25.4 Å². The summed E-state index contributed by atoms with van der Waals surface area (Å²) in [6.45, 7) is 6.44. The standard InChI is InChI=1S/C30H38N6O6S2/c1-30(2,3)36-44(39,40)26-14-21(34-28(37)33-15-22-6-4-5-13-31-22)11-12-24(26)25-16-32-27(43-25)19-7-9-20(10-8-19)35-29(38)42-23-17-41-18-23/h4-6,11-14,16,19-20,23,36H,7-10,15,17-18H2,1-3H3,(H,35,38)(H2,33,34,37)/t19-,20-. The van der Waals surface area contributed by atoms with E-state index in [9.17, 15) is 18.0 Å². The van der Waals surface area contributed by atoms with E-state index < -0.39 is 27.7 Å². The number of amides is 3. The summed E-state index contributed by atoms with van der Waals surface area (Å²) in [5, 5.41) is 9.35. The molecule has 1 saturated heterocycles. The predicted molar refractivity (Wildman–Crippen MR) is 167 cm³/mol. The Hall–Kier alpha value is -3.59. The van der Waals surface area contributed by atoms with Gasteiger partial charge in [-0.2, -0.15) is 0 Å². The van der Waals surface area contributed by atoms with Gasteiger partial charge in [-0.25, -0.2) is 27.7 Å². The lowest BCUT2D eigenvalue weighted by Crippen LogP contribution is -2.44. The molecule has 1 saturated carbocycles. The zero-order chi connectivity index (χ0) is 31.3. The maximum absolute atomic E-state index is 13.6. The van der Waals surface area contributed by atoms with Crippen molar-refractivity contribution in [3.05, 3.63) is 59.5 Å². The Kier molecular flexibility index (Phi) is 9.83. The third-order valence-corrected chi connectivity index (χ3v) is 10.2. The van der Waals surface area contributed by atoms with E-state index in [2.05, 4.69) is 30.6 Å². The average Bonchev–Trinajstić information content (AvgIpc) is 3.44. The van der Waals surface area contributed by atoms with Crippen molar-refractivity contribution in [3.8, 4) is 10.4 Å². The van der Waals surface area contributed by atoms with Gasteiger partial charge >= 0.3 is 12.1 Å². The number of nitrogens with one attached hydrogen (secondary N) is 4. The molecular weight excluding hydrogens is 605 g/mol. The number of hydrogen-bond acceptors (Lipinski definition) is 9. The molecule has 3 aromatic rings. The third-order valence-electron chi connectivity index (χ3n) is 7.19. The molecule has 0 atom stereocenters. The van der Waals surface area contributed by atoms with Gasteiger partial charge in [0.05, 0.1) is 40.2 Å². The summed E-state index contributed by atoms with van der Waals surface area (Å²) in [5.74, 6) is 0.208. The van der Waals surface area contributed by atoms with Crippen LogP contribution in [0.15, 0.2) is 53.7 Å². The van der Waals surface area contributed by atoms with Gasteiger partial charge in [0.2, 0.25) is 10.0 Å². The van der Waals surface area contributed by atoms with Crippen LogP contribution < -0.4 is 20.7 Å². The number of sulfonamides is 1. The number of hydrogen-bond donors (Lipinski definition) is 4. The lowest BCUT2D eigenvalue weighted by Gasteiger charge is -2.30. The van der Waals surface area contributed by atoms with E-state index >= 15 is 0 Å². The third kappa shape index (κ3) is 8.52. The zero-order valence-corrected chi connectivity index (χ0v) is 26.6. The first-order valence-electron chi connectivity index (χ1n) is 14.6. The Bertz CT molecular complexity index is 1560. The Balaban J connectivity index is 1.28. The van der Waals surface area contributed by atoms with Crippen LogP contribution in [0, 0.1) is 0 Å². The zero-order valence-electron chi connectivity index (χ0n) is 25.0. The van der Waals surface area contributed by atoms with Gasteiger partial charge in [-0.05, 0) is 70.7 Å². The fourth-order valence-corrected chi connectivity index (χ4v) is 7.91. The van der Waals surface area contributed by atoms with E-state index in [0.29, 0.717) is 35.0 Å². The molecule has 12 nitrogen and oxygen atoms in total. The summed E-state index contributed by atoms with van der Waals surface area (Å²) >= 11 is 1.46. The maximum atomic E-state index is 13.6. The molecule has 1 aromatic carbocycles. The molecule has 1 aliphatic heterocycles. The van der Waals surface area contributed by atoms with Crippen LogP contribution in [0.1, 0.15) is 63.1 Å². The van der Waals surface area contributed by atoms with Crippen LogP contribution in [0.25, 0.3) is 10.4 Å². The molecule has 5 rings (SSSR count).